The molecule has 2 nitrogen and oxygen atoms in total. The van der Waals surface area contributed by atoms with E-state index in [1.165, 1.54) is 12.1 Å². The van der Waals surface area contributed by atoms with Gasteiger partial charge in [-0.2, -0.15) is 18.4 Å². The average Bonchev–Trinajstić information content (AvgIpc) is 2.19. The number of nitrogens with zero attached hydrogens (tertiary/aromatic N) is 1. The van der Waals surface area contributed by atoms with Gasteiger partial charge in [-0.25, -0.2) is 0 Å². The number of alkyl halides is 3. The molecule has 0 radical (unpaired) electrons. The van der Waals surface area contributed by atoms with Crippen molar-refractivity contribution in [3.05, 3.63) is 28.2 Å². The van der Waals surface area contributed by atoms with Gasteiger partial charge < -0.3 is 5.32 Å². The Morgan fingerprint density at radius 1 is 1.44 bits per heavy atom. The number of anilines is 1. The lowest BCUT2D eigenvalue weighted by Crippen LogP contribution is -2.13. The number of hydrogen-bond donors (Lipinski definition) is 1. The van der Waals surface area contributed by atoms with Crippen LogP contribution in [0.15, 0.2) is 22.7 Å². The molecule has 1 aromatic rings. The molecule has 0 fully saturated rings. The minimum atomic E-state index is -4.41. The van der Waals surface area contributed by atoms with Crippen molar-refractivity contribution in [1.29, 1.82) is 5.26 Å². The van der Waals surface area contributed by atoms with Crippen LogP contribution in [0, 0.1) is 11.3 Å². The molecule has 0 amide bonds. The molecule has 0 aliphatic rings. The molecule has 1 unspecified atom stereocenters. The van der Waals surface area contributed by atoms with E-state index in [0.29, 0.717) is 0 Å². The Labute approximate surface area is 99.2 Å². The zero-order valence-corrected chi connectivity index (χ0v) is 9.85. The largest absolute Gasteiger partial charge is 0.417 e. The summed E-state index contributed by atoms with van der Waals surface area (Å²) >= 11 is 2.84. The van der Waals surface area contributed by atoms with Crippen LogP contribution in [0.2, 0.25) is 0 Å². The summed E-state index contributed by atoms with van der Waals surface area (Å²) in [5.74, 6) is 0. The second-order valence-electron chi connectivity index (χ2n) is 3.19. The topological polar surface area (TPSA) is 35.8 Å². The van der Waals surface area contributed by atoms with Crippen LogP contribution >= 0.6 is 15.9 Å². The minimum Gasteiger partial charge on any atom is -0.370 e. The highest BCUT2D eigenvalue weighted by molar-refractivity contribution is 9.10. The number of halogens is 4. The molecule has 1 N–H and O–H groups in total. The highest BCUT2D eigenvalue weighted by Crippen LogP contribution is 2.36. The molecule has 0 aromatic heterocycles. The molecule has 16 heavy (non-hydrogen) atoms. The molecule has 0 saturated carbocycles. The third-order valence-corrected chi connectivity index (χ3v) is 2.54. The van der Waals surface area contributed by atoms with Gasteiger partial charge in [0.2, 0.25) is 0 Å². The first-order valence-electron chi connectivity index (χ1n) is 4.37. The van der Waals surface area contributed by atoms with Gasteiger partial charge in [-0.15, -0.1) is 0 Å². The summed E-state index contributed by atoms with van der Waals surface area (Å²) in [6.07, 6.45) is -4.41. The summed E-state index contributed by atoms with van der Waals surface area (Å²) in [6.45, 7) is 1.56. The van der Waals surface area contributed by atoms with Gasteiger partial charge in [-0.3, -0.25) is 0 Å². The number of rotatable bonds is 2. The Morgan fingerprint density at radius 2 is 2.06 bits per heavy atom. The fourth-order valence-corrected chi connectivity index (χ4v) is 1.59. The molecule has 0 heterocycles. The lowest BCUT2D eigenvalue weighted by atomic mass is 10.2. The Morgan fingerprint density at radius 3 is 2.56 bits per heavy atom. The SMILES string of the molecule is CC(C#N)Nc1ccc(Br)c(C(F)(F)F)c1. The van der Waals surface area contributed by atoms with Gasteiger partial charge in [-0.05, 0) is 25.1 Å². The lowest BCUT2D eigenvalue weighted by molar-refractivity contribution is -0.138. The van der Waals surface area contributed by atoms with Gasteiger partial charge in [0.1, 0.15) is 6.04 Å². The Bertz CT molecular complexity index is 423. The monoisotopic (exact) mass is 292 g/mol. The summed E-state index contributed by atoms with van der Waals surface area (Å²) in [5, 5.41) is 11.2. The second kappa shape index (κ2) is 4.74. The van der Waals surface area contributed by atoms with Crippen LogP contribution in [0.25, 0.3) is 0 Å². The number of nitriles is 1. The van der Waals surface area contributed by atoms with E-state index in [4.69, 9.17) is 5.26 Å². The van der Waals surface area contributed by atoms with E-state index >= 15 is 0 Å². The molecular formula is C10H8BrF3N2. The van der Waals surface area contributed by atoms with Crippen molar-refractivity contribution in [1.82, 2.24) is 0 Å². The quantitative estimate of drug-likeness (QED) is 0.900. The zero-order chi connectivity index (χ0) is 12.3. The van der Waals surface area contributed by atoms with Crippen molar-refractivity contribution in [3.8, 4) is 6.07 Å². The summed E-state index contributed by atoms with van der Waals surface area (Å²) in [4.78, 5) is 0. The van der Waals surface area contributed by atoms with Crippen LogP contribution in [-0.4, -0.2) is 6.04 Å². The van der Waals surface area contributed by atoms with Crippen LogP contribution in [0.5, 0.6) is 0 Å². The van der Waals surface area contributed by atoms with E-state index < -0.39 is 17.8 Å². The van der Waals surface area contributed by atoms with Crippen molar-refractivity contribution < 1.29 is 13.2 Å². The van der Waals surface area contributed by atoms with Crippen LogP contribution in [0.1, 0.15) is 12.5 Å². The van der Waals surface area contributed by atoms with Crippen molar-refractivity contribution in [2.75, 3.05) is 5.32 Å². The van der Waals surface area contributed by atoms with E-state index in [1.807, 2.05) is 6.07 Å². The van der Waals surface area contributed by atoms with Crippen molar-refractivity contribution in [2.45, 2.75) is 19.1 Å². The third kappa shape index (κ3) is 3.14. The maximum Gasteiger partial charge on any atom is 0.417 e. The predicted octanol–water partition coefficient (Wildman–Crippen LogP) is 3.79. The number of nitrogens with one attached hydrogen (secondary N) is 1. The first kappa shape index (κ1) is 12.8. The smallest absolute Gasteiger partial charge is 0.370 e. The third-order valence-electron chi connectivity index (χ3n) is 1.85. The molecule has 0 saturated heterocycles. The molecule has 0 spiro atoms. The van der Waals surface area contributed by atoms with Crippen LogP contribution in [-0.2, 0) is 6.18 Å². The van der Waals surface area contributed by atoms with Gasteiger partial charge in [0.15, 0.2) is 0 Å². The first-order valence-corrected chi connectivity index (χ1v) is 5.17. The summed E-state index contributed by atoms with van der Waals surface area (Å²) in [5.41, 5.74) is -0.493. The fourth-order valence-electron chi connectivity index (χ4n) is 1.11. The maximum atomic E-state index is 12.5. The van der Waals surface area contributed by atoms with Crippen LogP contribution < -0.4 is 5.32 Å². The molecule has 0 bridgehead atoms. The van der Waals surface area contributed by atoms with Gasteiger partial charge >= 0.3 is 6.18 Å². The van der Waals surface area contributed by atoms with E-state index in [-0.39, 0.29) is 10.2 Å². The van der Waals surface area contributed by atoms with E-state index in [1.54, 1.807) is 6.92 Å². The highest BCUT2D eigenvalue weighted by atomic mass is 79.9. The molecule has 1 atom stereocenters. The van der Waals surface area contributed by atoms with Crippen LogP contribution in [0.4, 0.5) is 18.9 Å². The van der Waals surface area contributed by atoms with E-state index in [2.05, 4.69) is 21.2 Å². The van der Waals surface area contributed by atoms with E-state index in [9.17, 15) is 13.2 Å². The molecule has 86 valence electrons. The normalized spacial score (nSPS) is 13.0. The van der Waals surface area contributed by atoms with Crippen molar-refractivity contribution >= 4 is 21.6 Å². The van der Waals surface area contributed by atoms with Gasteiger partial charge in [0.25, 0.3) is 0 Å². The standard InChI is InChI=1S/C10H8BrF3N2/c1-6(5-15)16-7-2-3-9(11)8(4-7)10(12,13)14/h2-4,6,16H,1H3. The summed E-state index contributed by atoms with van der Waals surface area (Å²) < 4.78 is 37.6. The molecule has 0 aliphatic carbocycles. The average molecular weight is 293 g/mol. The van der Waals surface area contributed by atoms with Crippen LogP contribution in [0.3, 0.4) is 0 Å². The lowest BCUT2D eigenvalue weighted by Gasteiger charge is -2.13. The van der Waals surface area contributed by atoms with E-state index in [0.717, 1.165) is 6.07 Å². The molecular weight excluding hydrogens is 285 g/mol. The molecule has 0 aliphatic heterocycles. The Hall–Kier alpha value is -1.22. The number of benzene rings is 1. The van der Waals surface area contributed by atoms with Gasteiger partial charge in [-0.1, -0.05) is 15.9 Å². The maximum absolute atomic E-state index is 12.5. The summed E-state index contributed by atoms with van der Waals surface area (Å²) in [7, 11) is 0. The second-order valence-corrected chi connectivity index (χ2v) is 4.04. The van der Waals surface area contributed by atoms with Gasteiger partial charge in [0.05, 0.1) is 11.6 Å². The highest BCUT2D eigenvalue weighted by Gasteiger charge is 2.33. The predicted molar refractivity (Wildman–Crippen MR) is 57.8 cm³/mol. The zero-order valence-electron chi connectivity index (χ0n) is 8.27. The first-order chi connectivity index (χ1) is 7.34. The van der Waals surface area contributed by atoms with Gasteiger partial charge in [0, 0.05) is 10.2 Å². The molecule has 1 aromatic carbocycles. The fraction of sp³-hybridized carbons (Fsp3) is 0.300. The Balaban J connectivity index is 3.04. The van der Waals surface area contributed by atoms with Crippen molar-refractivity contribution in [3.63, 3.8) is 0 Å². The molecule has 6 heteroatoms. The minimum absolute atomic E-state index is 0.0184. The molecule has 1 rings (SSSR count). The summed E-state index contributed by atoms with van der Waals surface area (Å²) in [6, 6.07) is 5.09. The number of hydrogen-bond acceptors (Lipinski definition) is 2. The van der Waals surface area contributed by atoms with Crippen molar-refractivity contribution in [2.24, 2.45) is 0 Å². The Kier molecular flexibility index (Phi) is 3.81.